The zero-order valence-electron chi connectivity index (χ0n) is 17.4. The molecule has 0 bridgehead atoms. The van der Waals surface area contributed by atoms with E-state index in [0.717, 1.165) is 43.7 Å². The molecule has 1 aromatic heterocycles. The molecule has 0 atom stereocenters. The van der Waals surface area contributed by atoms with Crippen molar-refractivity contribution in [3.63, 3.8) is 0 Å². The number of nitrogens with zero attached hydrogens (tertiary/aromatic N) is 2. The van der Waals surface area contributed by atoms with Crippen LogP contribution in [0.15, 0.2) is 46.5 Å². The summed E-state index contributed by atoms with van der Waals surface area (Å²) in [7, 11) is 0. The number of esters is 1. The number of aromatic nitrogens is 1. The van der Waals surface area contributed by atoms with E-state index in [4.69, 9.17) is 14.2 Å². The number of hydrogen-bond donors (Lipinski definition) is 0. The Morgan fingerprint density at radius 2 is 1.74 bits per heavy atom. The minimum absolute atomic E-state index is 0.139. The number of pyridine rings is 1. The summed E-state index contributed by atoms with van der Waals surface area (Å²) < 4.78 is 16.5. The van der Waals surface area contributed by atoms with Crippen molar-refractivity contribution in [2.45, 2.75) is 42.0 Å². The van der Waals surface area contributed by atoms with Gasteiger partial charge in [0.15, 0.2) is 18.1 Å². The Morgan fingerprint density at radius 3 is 2.55 bits per heavy atom. The van der Waals surface area contributed by atoms with Gasteiger partial charge in [-0.15, -0.1) is 0 Å². The summed E-state index contributed by atoms with van der Waals surface area (Å²) in [6, 6.07) is 8.96. The molecule has 1 amide bonds. The summed E-state index contributed by atoms with van der Waals surface area (Å²) in [6.45, 7) is 2.25. The highest BCUT2D eigenvalue weighted by Gasteiger charge is 2.20. The van der Waals surface area contributed by atoms with Gasteiger partial charge in [-0.25, -0.2) is 9.78 Å². The summed E-state index contributed by atoms with van der Waals surface area (Å²) in [5.41, 5.74) is 0.336. The monoisotopic (exact) mass is 442 g/mol. The summed E-state index contributed by atoms with van der Waals surface area (Å²) in [4.78, 5) is 32.2. The maximum Gasteiger partial charge on any atom is 0.341 e. The summed E-state index contributed by atoms with van der Waals surface area (Å²) in [6.07, 6.45) is 7.13. The van der Waals surface area contributed by atoms with E-state index < -0.39 is 5.97 Å². The second-order valence-electron chi connectivity index (χ2n) is 7.49. The first-order valence-corrected chi connectivity index (χ1v) is 11.5. The van der Waals surface area contributed by atoms with E-state index in [9.17, 15) is 9.59 Å². The van der Waals surface area contributed by atoms with Crippen molar-refractivity contribution in [2.24, 2.45) is 0 Å². The van der Waals surface area contributed by atoms with Crippen LogP contribution in [-0.2, 0) is 9.53 Å². The first-order valence-electron chi connectivity index (χ1n) is 10.7. The highest BCUT2D eigenvalue weighted by Crippen LogP contribution is 2.37. The molecule has 0 aliphatic carbocycles. The normalized spacial score (nSPS) is 16.2. The van der Waals surface area contributed by atoms with Gasteiger partial charge in [-0.3, -0.25) is 4.79 Å². The van der Waals surface area contributed by atoms with Gasteiger partial charge in [0.25, 0.3) is 5.91 Å². The standard InChI is InChI=1S/C23H26N2O5S/c26-21(25-11-4-2-1-3-5-12-25)16-30-23(27)18-7-6-10-24-22(18)31-17-8-9-19-20(15-17)29-14-13-28-19/h6-10,15H,1-5,11-14,16H2. The quantitative estimate of drug-likeness (QED) is 0.649. The molecule has 2 aliphatic heterocycles. The van der Waals surface area contributed by atoms with Gasteiger partial charge in [0.05, 0.1) is 5.56 Å². The molecule has 1 fully saturated rings. The summed E-state index contributed by atoms with van der Waals surface area (Å²) in [5, 5.41) is 0.517. The van der Waals surface area contributed by atoms with Gasteiger partial charge < -0.3 is 19.1 Å². The van der Waals surface area contributed by atoms with E-state index in [0.29, 0.717) is 35.3 Å². The molecule has 1 saturated heterocycles. The predicted octanol–water partition coefficient (Wildman–Crippen LogP) is 3.95. The van der Waals surface area contributed by atoms with Crippen LogP contribution in [0, 0.1) is 0 Å². The molecule has 2 aromatic rings. The summed E-state index contributed by atoms with van der Waals surface area (Å²) >= 11 is 1.34. The van der Waals surface area contributed by atoms with Crippen molar-refractivity contribution in [3.8, 4) is 11.5 Å². The van der Waals surface area contributed by atoms with Crippen LogP contribution in [0.4, 0.5) is 0 Å². The third kappa shape index (κ3) is 5.70. The number of benzene rings is 1. The van der Waals surface area contributed by atoms with Crippen molar-refractivity contribution < 1.29 is 23.8 Å². The fraction of sp³-hybridized carbons (Fsp3) is 0.435. The molecule has 31 heavy (non-hydrogen) atoms. The molecule has 7 nitrogen and oxygen atoms in total. The molecule has 0 saturated carbocycles. The number of ether oxygens (including phenoxy) is 3. The number of likely N-dealkylation sites (tertiary alicyclic amines) is 1. The number of rotatable bonds is 5. The van der Waals surface area contributed by atoms with Crippen molar-refractivity contribution >= 4 is 23.6 Å². The van der Waals surface area contributed by atoms with Crippen LogP contribution in [0.25, 0.3) is 0 Å². The van der Waals surface area contributed by atoms with Crippen molar-refractivity contribution in [2.75, 3.05) is 32.9 Å². The minimum Gasteiger partial charge on any atom is -0.486 e. The van der Waals surface area contributed by atoms with Crippen LogP contribution in [0.5, 0.6) is 11.5 Å². The van der Waals surface area contributed by atoms with Crippen LogP contribution >= 0.6 is 11.8 Å². The van der Waals surface area contributed by atoms with Gasteiger partial charge in [-0.1, -0.05) is 31.0 Å². The number of carbonyl (C=O) groups is 2. The average molecular weight is 443 g/mol. The van der Waals surface area contributed by atoms with Crippen LogP contribution in [0.1, 0.15) is 42.5 Å². The molecule has 0 radical (unpaired) electrons. The van der Waals surface area contributed by atoms with Gasteiger partial charge in [-0.05, 0) is 43.2 Å². The topological polar surface area (TPSA) is 78.0 Å². The smallest absolute Gasteiger partial charge is 0.341 e. The zero-order valence-corrected chi connectivity index (χ0v) is 18.2. The van der Waals surface area contributed by atoms with Crippen LogP contribution in [0.2, 0.25) is 0 Å². The lowest BCUT2D eigenvalue weighted by Gasteiger charge is -2.24. The molecular weight excluding hydrogens is 416 g/mol. The number of fused-ring (bicyclic) bond motifs is 1. The third-order valence-electron chi connectivity index (χ3n) is 5.25. The molecule has 0 spiro atoms. The highest BCUT2D eigenvalue weighted by atomic mass is 32.2. The SMILES string of the molecule is O=C(OCC(=O)N1CCCCCCC1)c1cccnc1Sc1ccc2c(c1)OCCO2. The predicted molar refractivity (Wildman–Crippen MR) is 116 cm³/mol. The molecule has 0 unspecified atom stereocenters. The van der Waals surface area contributed by atoms with Crippen molar-refractivity contribution in [1.82, 2.24) is 9.88 Å². The van der Waals surface area contributed by atoms with Gasteiger partial charge in [-0.2, -0.15) is 0 Å². The van der Waals surface area contributed by atoms with Gasteiger partial charge in [0.2, 0.25) is 0 Å². The number of amides is 1. The van der Waals surface area contributed by atoms with E-state index in [2.05, 4.69) is 4.98 Å². The maximum atomic E-state index is 12.7. The van der Waals surface area contributed by atoms with Gasteiger partial charge in [0, 0.05) is 24.2 Å². The Bertz CT molecular complexity index is 928. The fourth-order valence-corrected chi connectivity index (χ4v) is 4.52. The van der Waals surface area contributed by atoms with E-state index in [1.54, 1.807) is 23.2 Å². The average Bonchev–Trinajstić information content (AvgIpc) is 2.77. The minimum atomic E-state index is -0.548. The number of carbonyl (C=O) groups excluding carboxylic acids is 2. The molecule has 8 heteroatoms. The maximum absolute atomic E-state index is 12.7. The Balaban J connectivity index is 1.39. The second kappa shape index (κ2) is 10.5. The molecule has 1 aromatic carbocycles. The Hall–Kier alpha value is -2.74. The molecule has 2 aliphatic rings. The lowest BCUT2D eigenvalue weighted by atomic mass is 10.1. The lowest BCUT2D eigenvalue weighted by molar-refractivity contribution is -0.134. The van der Waals surface area contributed by atoms with E-state index >= 15 is 0 Å². The van der Waals surface area contributed by atoms with E-state index in [1.165, 1.54) is 18.2 Å². The van der Waals surface area contributed by atoms with Crippen molar-refractivity contribution in [3.05, 3.63) is 42.1 Å². The molecule has 164 valence electrons. The van der Waals surface area contributed by atoms with Crippen molar-refractivity contribution in [1.29, 1.82) is 0 Å². The van der Waals surface area contributed by atoms with Crippen LogP contribution in [0.3, 0.4) is 0 Å². The fourth-order valence-electron chi connectivity index (χ4n) is 3.62. The molecule has 0 N–H and O–H groups in total. The van der Waals surface area contributed by atoms with E-state index in [-0.39, 0.29) is 12.5 Å². The number of hydrogen-bond acceptors (Lipinski definition) is 7. The molecular formula is C23H26N2O5S. The van der Waals surface area contributed by atoms with E-state index in [1.807, 2.05) is 18.2 Å². The highest BCUT2D eigenvalue weighted by molar-refractivity contribution is 7.99. The van der Waals surface area contributed by atoms with Gasteiger partial charge >= 0.3 is 5.97 Å². The Labute approximate surface area is 186 Å². The third-order valence-corrected chi connectivity index (χ3v) is 6.26. The molecule has 4 rings (SSSR count). The summed E-state index contributed by atoms with van der Waals surface area (Å²) in [5.74, 6) is 0.697. The molecule has 3 heterocycles. The lowest BCUT2D eigenvalue weighted by Crippen LogP contribution is -2.37. The first-order chi connectivity index (χ1) is 15.2. The van der Waals surface area contributed by atoms with Gasteiger partial charge in [0.1, 0.15) is 18.2 Å². The largest absolute Gasteiger partial charge is 0.486 e. The zero-order chi connectivity index (χ0) is 21.5. The second-order valence-corrected chi connectivity index (χ2v) is 8.55. The first kappa shape index (κ1) is 21.5. The van der Waals surface area contributed by atoms with Crippen LogP contribution < -0.4 is 9.47 Å². The Kier molecular flexibility index (Phi) is 7.30. The Morgan fingerprint density at radius 1 is 1.00 bits per heavy atom. The van der Waals surface area contributed by atoms with Crippen LogP contribution in [-0.4, -0.2) is 54.7 Å².